The number of nitrogens with zero attached hydrogens (tertiary/aromatic N) is 1. The normalized spacial score (nSPS) is 19.4. The van der Waals surface area contributed by atoms with Gasteiger partial charge in [-0.05, 0) is 17.7 Å². The minimum Gasteiger partial charge on any atom is -0.488 e. The second-order valence-corrected chi connectivity index (χ2v) is 5.84. The van der Waals surface area contributed by atoms with Crippen molar-refractivity contribution in [2.24, 2.45) is 0 Å². The monoisotopic (exact) mass is 341 g/mol. The van der Waals surface area contributed by atoms with Crippen LogP contribution in [0.25, 0.3) is 0 Å². The molecule has 1 heterocycles. The first kappa shape index (κ1) is 16.8. The molecule has 1 N–H and O–H groups in total. The lowest BCUT2D eigenvalue weighted by Gasteiger charge is -2.20. The van der Waals surface area contributed by atoms with Crippen molar-refractivity contribution in [2.75, 3.05) is 6.54 Å². The first-order valence-electron chi connectivity index (χ1n) is 8.05. The number of carbonyl (C=O) groups is 2. The summed E-state index contributed by atoms with van der Waals surface area (Å²) in [4.78, 5) is 25.0. The standard InChI is InChI=1S/C19H19NO5/c21-18(22)17-11-16(25-15-9-5-2-6-10-15)12-20(17)19(23)24-13-14-7-3-1-4-8-14/h1-10,16-17H,11-13H2,(H,21,22)/t16-,17+/m1/s1. The number of benzene rings is 2. The van der Waals surface area contributed by atoms with Crippen LogP contribution < -0.4 is 4.74 Å². The lowest BCUT2D eigenvalue weighted by Crippen LogP contribution is -2.40. The van der Waals surface area contributed by atoms with Crippen LogP contribution in [0, 0.1) is 0 Å². The molecule has 0 radical (unpaired) electrons. The Hall–Kier alpha value is -3.02. The van der Waals surface area contributed by atoms with Gasteiger partial charge < -0.3 is 14.6 Å². The summed E-state index contributed by atoms with van der Waals surface area (Å²) in [5, 5.41) is 9.40. The molecule has 25 heavy (non-hydrogen) atoms. The molecule has 130 valence electrons. The third-order valence-electron chi connectivity index (χ3n) is 4.03. The van der Waals surface area contributed by atoms with E-state index in [9.17, 15) is 14.7 Å². The van der Waals surface area contributed by atoms with Gasteiger partial charge >= 0.3 is 12.1 Å². The van der Waals surface area contributed by atoms with Crippen LogP contribution in [0.1, 0.15) is 12.0 Å². The molecule has 0 unspecified atom stereocenters. The van der Waals surface area contributed by atoms with Gasteiger partial charge in [-0.15, -0.1) is 0 Å². The van der Waals surface area contributed by atoms with E-state index < -0.39 is 18.1 Å². The third-order valence-corrected chi connectivity index (χ3v) is 4.03. The number of carboxylic acid groups (broad SMARTS) is 1. The molecule has 1 aliphatic heterocycles. The van der Waals surface area contributed by atoms with Crippen LogP contribution >= 0.6 is 0 Å². The summed E-state index contributed by atoms with van der Waals surface area (Å²) < 4.78 is 11.0. The van der Waals surface area contributed by atoms with Gasteiger partial charge in [-0.1, -0.05) is 48.5 Å². The summed E-state index contributed by atoms with van der Waals surface area (Å²) in [6.45, 7) is 0.284. The molecule has 0 bridgehead atoms. The molecule has 1 aliphatic rings. The van der Waals surface area contributed by atoms with E-state index in [0.717, 1.165) is 5.56 Å². The van der Waals surface area contributed by atoms with E-state index >= 15 is 0 Å². The fourth-order valence-corrected chi connectivity index (χ4v) is 2.81. The highest BCUT2D eigenvalue weighted by molar-refractivity contribution is 5.81. The molecular weight excluding hydrogens is 322 g/mol. The van der Waals surface area contributed by atoms with Gasteiger partial charge in [0, 0.05) is 6.42 Å². The first-order chi connectivity index (χ1) is 12.1. The van der Waals surface area contributed by atoms with E-state index in [0.29, 0.717) is 5.75 Å². The highest BCUT2D eigenvalue weighted by Gasteiger charge is 2.41. The Morgan fingerprint density at radius 3 is 2.32 bits per heavy atom. The van der Waals surface area contributed by atoms with Crippen molar-refractivity contribution in [1.29, 1.82) is 0 Å². The predicted molar refractivity (Wildman–Crippen MR) is 90.2 cm³/mol. The van der Waals surface area contributed by atoms with Crippen molar-refractivity contribution in [3.05, 3.63) is 66.2 Å². The quantitative estimate of drug-likeness (QED) is 0.905. The Morgan fingerprint density at radius 2 is 1.68 bits per heavy atom. The van der Waals surface area contributed by atoms with Gasteiger partial charge in [-0.25, -0.2) is 9.59 Å². The summed E-state index contributed by atoms with van der Waals surface area (Å²) in [5.74, 6) is -0.410. The second kappa shape index (κ2) is 7.70. The molecule has 0 saturated carbocycles. The van der Waals surface area contributed by atoms with E-state index in [4.69, 9.17) is 9.47 Å². The van der Waals surface area contributed by atoms with Gasteiger partial charge in [-0.3, -0.25) is 4.90 Å². The van der Waals surface area contributed by atoms with Crippen molar-refractivity contribution in [1.82, 2.24) is 4.90 Å². The highest BCUT2D eigenvalue weighted by atomic mass is 16.6. The zero-order chi connectivity index (χ0) is 17.6. The SMILES string of the molecule is O=C(O)[C@@H]1C[C@@H](Oc2ccccc2)CN1C(=O)OCc1ccccc1. The summed E-state index contributed by atoms with van der Waals surface area (Å²) in [5.41, 5.74) is 0.846. The number of likely N-dealkylation sites (tertiary alicyclic amines) is 1. The fourth-order valence-electron chi connectivity index (χ4n) is 2.81. The average Bonchev–Trinajstić information content (AvgIpc) is 3.06. The van der Waals surface area contributed by atoms with Gasteiger partial charge in [0.2, 0.25) is 0 Å². The maximum atomic E-state index is 12.3. The number of amides is 1. The van der Waals surface area contributed by atoms with Gasteiger partial charge in [0.1, 0.15) is 24.5 Å². The smallest absolute Gasteiger partial charge is 0.410 e. The Labute approximate surface area is 145 Å². The zero-order valence-electron chi connectivity index (χ0n) is 13.6. The molecule has 2 atom stereocenters. The number of carbonyl (C=O) groups excluding carboxylic acids is 1. The number of hydrogen-bond donors (Lipinski definition) is 1. The third kappa shape index (κ3) is 4.29. The summed E-state index contributed by atoms with van der Waals surface area (Å²) in [6, 6.07) is 17.4. The van der Waals surface area contributed by atoms with E-state index in [-0.39, 0.29) is 25.7 Å². The summed E-state index contributed by atoms with van der Waals surface area (Å²) in [7, 11) is 0. The maximum Gasteiger partial charge on any atom is 0.410 e. The molecule has 0 aliphatic carbocycles. The minimum absolute atomic E-state index is 0.104. The molecule has 0 aromatic heterocycles. The van der Waals surface area contributed by atoms with Crippen molar-refractivity contribution < 1.29 is 24.2 Å². The summed E-state index contributed by atoms with van der Waals surface area (Å²) >= 11 is 0. The Bertz CT molecular complexity index is 719. The molecule has 0 spiro atoms. The Balaban J connectivity index is 1.62. The average molecular weight is 341 g/mol. The number of para-hydroxylation sites is 1. The number of carboxylic acids is 1. The first-order valence-corrected chi connectivity index (χ1v) is 8.05. The van der Waals surface area contributed by atoms with Crippen molar-refractivity contribution in [3.8, 4) is 5.75 Å². The molecule has 1 fully saturated rings. The molecule has 1 saturated heterocycles. The van der Waals surface area contributed by atoms with Gasteiger partial charge in [-0.2, -0.15) is 0 Å². The Kier molecular flexibility index (Phi) is 5.18. The largest absolute Gasteiger partial charge is 0.488 e. The number of rotatable bonds is 5. The van der Waals surface area contributed by atoms with Crippen molar-refractivity contribution in [3.63, 3.8) is 0 Å². The number of aliphatic carboxylic acids is 1. The summed E-state index contributed by atoms with van der Waals surface area (Å²) in [6.07, 6.45) is -0.798. The van der Waals surface area contributed by atoms with E-state index in [2.05, 4.69) is 0 Å². The van der Waals surface area contributed by atoms with Crippen LogP contribution in [0.3, 0.4) is 0 Å². The second-order valence-electron chi connectivity index (χ2n) is 5.84. The molecule has 2 aromatic rings. The predicted octanol–water partition coefficient (Wildman–Crippen LogP) is 2.93. The van der Waals surface area contributed by atoms with Crippen LogP contribution in [0.4, 0.5) is 4.79 Å². The molecule has 2 aromatic carbocycles. The maximum absolute atomic E-state index is 12.3. The van der Waals surface area contributed by atoms with Crippen LogP contribution in [0.5, 0.6) is 5.75 Å². The van der Waals surface area contributed by atoms with E-state index in [1.807, 2.05) is 48.5 Å². The molecule has 6 heteroatoms. The van der Waals surface area contributed by atoms with Crippen LogP contribution in [-0.4, -0.2) is 40.8 Å². The minimum atomic E-state index is -1.06. The number of hydrogen-bond acceptors (Lipinski definition) is 4. The molecule has 1 amide bonds. The fraction of sp³-hybridized carbons (Fsp3) is 0.263. The van der Waals surface area contributed by atoms with Crippen LogP contribution in [0.2, 0.25) is 0 Å². The topological polar surface area (TPSA) is 76.1 Å². The van der Waals surface area contributed by atoms with E-state index in [1.54, 1.807) is 12.1 Å². The van der Waals surface area contributed by atoms with Gasteiger partial charge in [0.05, 0.1) is 6.54 Å². The van der Waals surface area contributed by atoms with Gasteiger partial charge in [0.15, 0.2) is 0 Å². The zero-order valence-corrected chi connectivity index (χ0v) is 13.6. The molecule has 6 nitrogen and oxygen atoms in total. The van der Waals surface area contributed by atoms with E-state index in [1.165, 1.54) is 4.90 Å². The van der Waals surface area contributed by atoms with Crippen molar-refractivity contribution in [2.45, 2.75) is 25.2 Å². The van der Waals surface area contributed by atoms with Crippen LogP contribution in [-0.2, 0) is 16.1 Å². The van der Waals surface area contributed by atoms with Gasteiger partial charge in [0.25, 0.3) is 0 Å². The lowest BCUT2D eigenvalue weighted by atomic mass is 10.2. The molecule has 3 rings (SSSR count). The lowest BCUT2D eigenvalue weighted by molar-refractivity contribution is -0.141. The number of ether oxygens (including phenoxy) is 2. The van der Waals surface area contributed by atoms with Crippen LogP contribution in [0.15, 0.2) is 60.7 Å². The molecular formula is C19H19NO5. The Morgan fingerprint density at radius 1 is 1.04 bits per heavy atom. The van der Waals surface area contributed by atoms with Crippen molar-refractivity contribution >= 4 is 12.1 Å². The highest BCUT2D eigenvalue weighted by Crippen LogP contribution is 2.24.